The topological polar surface area (TPSA) is 65.1 Å². The average molecular weight is 352 g/mol. The van der Waals surface area contributed by atoms with E-state index in [0.29, 0.717) is 58.3 Å². The molecule has 0 unspecified atom stereocenters. The van der Waals surface area contributed by atoms with Crippen LogP contribution in [0.5, 0.6) is 0 Å². The Morgan fingerprint density at radius 3 is 2.12 bits per heavy atom. The second-order valence-electron chi connectivity index (χ2n) is 7.38. The molecule has 0 bridgehead atoms. The Kier molecular flexibility index (Phi) is 7.07. The molecule has 0 aromatic heterocycles. The summed E-state index contributed by atoms with van der Waals surface area (Å²) in [5.41, 5.74) is 0. The molecule has 3 aliphatic rings. The van der Waals surface area contributed by atoms with E-state index in [9.17, 15) is 9.59 Å². The van der Waals surface area contributed by atoms with Crippen molar-refractivity contribution in [3.63, 3.8) is 0 Å². The number of piperazine rings is 1. The molecule has 0 radical (unpaired) electrons. The van der Waals surface area contributed by atoms with Crippen molar-refractivity contribution in [2.75, 3.05) is 72.1 Å². The molecule has 3 aliphatic heterocycles. The number of nitrogens with zero attached hydrogens (tertiary/aromatic N) is 3. The highest BCUT2D eigenvalue weighted by Gasteiger charge is 2.26. The summed E-state index contributed by atoms with van der Waals surface area (Å²) in [6.45, 7) is 8.45. The number of hydrogen-bond donors (Lipinski definition) is 1. The highest BCUT2D eigenvalue weighted by Crippen LogP contribution is 2.18. The highest BCUT2D eigenvalue weighted by atomic mass is 16.5. The maximum Gasteiger partial charge on any atom is 0.236 e. The number of rotatable bonds is 5. The third-order valence-corrected chi connectivity index (χ3v) is 5.67. The highest BCUT2D eigenvalue weighted by molar-refractivity contribution is 5.79. The summed E-state index contributed by atoms with van der Waals surface area (Å²) in [5.74, 6) is 1.14. The Morgan fingerprint density at radius 2 is 1.48 bits per heavy atom. The maximum absolute atomic E-state index is 12.4. The minimum atomic E-state index is 0.184. The van der Waals surface area contributed by atoms with E-state index in [1.807, 2.05) is 9.80 Å². The molecular formula is C18H32N4O3. The molecule has 25 heavy (non-hydrogen) atoms. The number of carbonyl (C=O) groups excluding carboxylic acids is 2. The fourth-order valence-electron chi connectivity index (χ4n) is 3.91. The van der Waals surface area contributed by atoms with Gasteiger partial charge in [-0.15, -0.1) is 0 Å². The number of nitrogens with one attached hydrogen (secondary N) is 1. The molecule has 3 saturated heterocycles. The Balaban J connectivity index is 1.34. The zero-order chi connectivity index (χ0) is 17.5. The fourth-order valence-corrected chi connectivity index (χ4v) is 3.91. The predicted octanol–water partition coefficient (Wildman–Crippen LogP) is -0.231. The standard InChI is InChI=1S/C18H32N4O3/c23-17(2-1-16-3-5-19-6-4-16)21-7-9-22(10-8-21)18(24)15-20-11-13-25-14-12-20/h16,19H,1-15H2. The van der Waals surface area contributed by atoms with Crippen LogP contribution in [-0.2, 0) is 14.3 Å². The Morgan fingerprint density at radius 1 is 0.880 bits per heavy atom. The first-order valence-corrected chi connectivity index (χ1v) is 9.79. The van der Waals surface area contributed by atoms with Gasteiger partial charge in [-0.05, 0) is 38.3 Å². The van der Waals surface area contributed by atoms with Crippen molar-refractivity contribution in [1.82, 2.24) is 20.0 Å². The second-order valence-corrected chi connectivity index (χ2v) is 7.38. The van der Waals surface area contributed by atoms with Gasteiger partial charge in [0.1, 0.15) is 0 Å². The van der Waals surface area contributed by atoms with Gasteiger partial charge in [-0.25, -0.2) is 0 Å². The zero-order valence-electron chi connectivity index (χ0n) is 15.3. The van der Waals surface area contributed by atoms with Crippen molar-refractivity contribution in [3.8, 4) is 0 Å². The zero-order valence-corrected chi connectivity index (χ0v) is 15.3. The lowest BCUT2D eigenvalue weighted by Gasteiger charge is -2.36. The molecule has 0 saturated carbocycles. The summed E-state index contributed by atoms with van der Waals surface area (Å²) in [5, 5.41) is 3.37. The molecule has 7 heteroatoms. The minimum absolute atomic E-state index is 0.184. The lowest BCUT2D eigenvalue weighted by atomic mass is 9.93. The van der Waals surface area contributed by atoms with Crippen LogP contribution in [0.4, 0.5) is 0 Å². The van der Waals surface area contributed by atoms with Gasteiger partial charge in [-0.3, -0.25) is 14.5 Å². The molecule has 1 N–H and O–H groups in total. The maximum atomic E-state index is 12.4. The summed E-state index contributed by atoms with van der Waals surface area (Å²) < 4.78 is 5.32. The SMILES string of the molecule is O=C(CCC1CCNCC1)N1CCN(C(=O)CN2CCOCC2)CC1. The third kappa shape index (κ3) is 5.66. The van der Waals surface area contributed by atoms with E-state index >= 15 is 0 Å². The summed E-state index contributed by atoms with van der Waals surface area (Å²) >= 11 is 0. The minimum Gasteiger partial charge on any atom is -0.379 e. The monoisotopic (exact) mass is 352 g/mol. The van der Waals surface area contributed by atoms with Gasteiger partial charge in [-0.2, -0.15) is 0 Å². The van der Waals surface area contributed by atoms with Gasteiger partial charge in [0.25, 0.3) is 0 Å². The first-order chi connectivity index (χ1) is 12.2. The fraction of sp³-hybridized carbons (Fsp3) is 0.889. The molecule has 0 atom stereocenters. The molecule has 0 aliphatic carbocycles. The third-order valence-electron chi connectivity index (χ3n) is 5.67. The van der Waals surface area contributed by atoms with Gasteiger partial charge in [-0.1, -0.05) is 0 Å². The number of morpholine rings is 1. The Hall–Kier alpha value is -1.18. The van der Waals surface area contributed by atoms with Crippen LogP contribution in [0.25, 0.3) is 0 Å². The molecule has 0 aromatic rings. The van der Waals surface area contributed by atoms with Crippen molar-refractivity contribution in [2.24, 2.45) is 5.92 Å². The molecule has 3 rings (SSSR count). The second kappa shape index (κ2) is 9.50. The number of carbonyl (C=O) groups is 2. The summed E-state index contributed by atoms with van der Waals surface area (Å²) in [4.78, 5) is 30.8. The normalized spacial score (nSPS) is 23.7. The predicted molar refractivity (Wildman–Crippen MR) is 95.2 cm³/mol. The van der Waals surface area contributed by atoms with E-state index in [-0.39, 0.29) is 11.8 Å². The van der Waals surface area contributed by atoms with E-state index in [2.05, 4.69) is 10.2 Å². The average Bonchev–Trinajstić information content (AvgIpc) is 2.68. The molecule has 142 valence electrons. The van der Waals surface area contributed by atoms with Crippen LogP contribution in [0.1, 0.15) is 25.7 Å². The van der Waals surface area contributed by atoms with E-state index in [0.717, 1.165) is 32.6 Å². The van der Waals surface area contributed by atoms with Crippen LogP contribution in [-0.4, -0.2) is 98.6 Å². The molecule has 0 aromatic carbocycles. The van der Waals surface area contributed by atoms with Crippen LogP contribution >= 0.6 is 0 Å². The van der Waals surface area contributed by atoms with Crippen LogP contribution < -0.4 is 5.32 Å². The van der Waals surface area contributed by atoms with Crippen LogP contribution in [0, 0.1) is 5.92 Å². The number of hydrogen-bond acceptors (Lipinski definition) is 5. The quantitative estimate of drug-likeness (QED) is 0.740. The van der Waals surface area contributed by atoms with E-state index < -0.39 is 0 Å². The van der Waals surface area contributed by atoms with Crippen LogP contribution in [0.2, 0.25) is 0 Å². The Labute approximate surface area is 150 Å². The molecule has 2 amide bonds. The molecular weight excluding hydrogens is 320 g/mol. The van der Waals surface area contributed by atoms with Crippen molar-refractivity contribution in [3.05, 3.63) is 0 Å². The van der Waals surface area contributed by atoms with Gasteiger partial charge in [0.2, 0.25) is 11.8 Å². The number of piperidine rings is 1. The van der Waals surface area contributed by atoms with Gasteiger partial charge in [0, 0.05) is 45.7 Å². The van der Waals surface area contributed by atoms with Gasteiger partial charge in [0.05, 0.1) is 19.8 Å². The molecule has 0 spiro atoms. The van der Waals surface area contributed by atoms with E-state index in [1.165, 1.54) is 12.8 Å². The van der Waals surface area contributed by atoms with Gasteiger partial charge in [0.15, 0.2) is 0 Å². The van der Waals surface area contributed by atoms with E-state index in [1.54, 1.807) is 0 Å². The van der Waals surface area contributed by atoms with Crippen molar-refractivity contribution in [1.29, 1.82) is 0 Å². The molecule has 7 nitrogen and oxygen atoms in total. The van der Waals surface area contributed by atoms with Crippen molar-refractivity contribution < 1.29 is 14.3 Å². The largest absolute Gasteiger partial charge is 0.379 e. The molecule has 3 fully saturated rings. The summed E-state index contributed by atoms with van der Waals surface area (Å²) in [7, 11) is 0. The Bertz CT molecular complexity index is 440. The van der Waals surface area contributed by atoms with E-state index in [4.69, 9.17) is 4.74 Å². The van der Waals surface area contributed by atoms with Crippen LogP contribution in [0.15, 0.2) is 0 Å². The molecule has 3 heterocycles. The van der Waals surface area contributed by atoms with Crippen molar-refractivity contribution >= 4 is 11.8 Å². The lowest BCUT2D eigenvalue weighted by Crippen LogP contribution is -2.53. The number of amides is 2. The number of ether oxygens (including phenoxy) is 1. The van der Waals surface area contributed by atoms with Crippen molar-refractivity contribution in [2.45, 2.75) is 25.7 Å². The summed E-state index contributed by atoms with van der Waals surface area (Å²) in [6.07, 6.45) is 4.05. The lowest BCUT2D eigenvalue weighted by molar-refractivity contribution is -0.141. The first-order valence-electron chi connectivity index (χ1n) is 9.79. The summed E-state index contributed by atoms with van der Waals surface area (Å²) in [6, 6.07) is 0. The van der Waals surface area contributed by atoms with Gasteiger partial charge < -0.3 is 19.9 Å². The first kappa shape index (κ1) is 18.6. The smallest absolute Gasteiger partial charge is 0.236 e. The van der Waals surface area contributed by atoms with Crippen LogP contribution in [0.3, 0.4) is 0 Å². The van der Waals surface area contributed by atoms with Gasteiger partial charge >= 0.3 is 0 Å².